The standard InChI is InChI=1S/C23H36FN5O2/c1-2-25-23(26-17-21(30)19-9-5-6-10-20(19)24)29-15-13-27(14-16-29)18-22(31)28-11-7-3-4-8-12-28/h5-6,9-10,21,30H,2-4,7-8,11-18H2,1H3,(H,25,26). The molecule has 8 heteroatoms. The van der Waals surface area contributed by atoms with Crippen molar-refractivity contribution in [2.24, 2.45) is 4.99 Å². The number of benzene rings is 1. The highest BCUT2D eigenvalue weighted by Crippen LogP contribution is 2.17. The number of aliphatic imine (C=N–C) groups is 1. The Bertz CT molecular complexity index is 728. The fourth-order valence-electron chi connectivity index (χ4n) is 4.17. The van der Waals surface area contributed by atoms with Crippen LogP contribution in [0.5, 0.6) is 0 Å². The second-order valence-corrected chi connectivity index (χ2v) is 8.29. The molecule has 2 aliphatic heterocycles. The largest absolute Gasteiger partial charge is 0.386 e. The molecule has 31 heavy (non-hydrogen) atoms. The summed E-state index contributed by atoms with van der Waals surface area (Å²) < 4.78 is 13.9. The Morgan fingerprint density at radius 3 is 2.39 bits per heavy atom. The van der Waals surface area contributed by atoms with Gasteiger partial charge in [-0.15, -0.1) is 0 Å². The molecule has 0 saturated carbocycles. The fourth-order valence-corrected chi connectivity index (χ4v) is 4.17. The Morgan fingerprint density at radius 1 is 1.06 bits per heavy atom. The van der Waals surface area contributed by atoms with Crippen molar-refractivity contribution in [2.45, 2.75) is 38.7 Å². The summed E-state index contributed by atoms with van der Waals surface area (Å²) in [6.45, 7) is 8.16. The van der Waals surface area contributed by atoms with E-state index >= 15 is 0 Å². The number of piperazine rings is 1. The number of aliphatic hydroxyl groups excluding tert-OH is 1. The number of amides is 1. The van der Waals surface area contributed by atoms with Gasteiger partial charge >= 0.3 is 0 Å². The molecule has 0 aromatic heterocycles. The van der Waals surface area contributed by atoms with Crippen LogP contribution in [-0.4, -0.2) is 90.6 Å². The van der Waals surface area contributed by atoms with Crippen molar-refractivity contribution < 1.29 is 14.3 Å². The van der Waals surface area contributed by atoms with Gasteiger partial charge in [0.05, 0.1) is 13.1 Å². The second kappa shape index (κ2) is 12.0. The van der Waals surface area contributed by atoms with E-state index < -0.39 is 11.9 Å². The van der Waals surface area contributed by atoms with E-state index in [0.29, 0.717) is 13.1 Å². The third-order valence-corrected chi connectivity index (χ3v) is 6.00. The molecule has 0 aliphatic carbocycles. The smallest absolute Gasteiger partial charge is 0.236 e. The lowest BCUT2D eigenvalue weighted by Gasteiger charge is -2.37. The van der Waals surface area contributed by atoms with Gasteiger partial charge in [-0.25, -0.2) is 4.39 Å². The summed E-state index contributed by atoms with van der Waals surface area (Å²) in [5, 5.41) is 13.6. The molecule has 0 spiro atoms. The van der Waals surface area contributed by atoms with E-state index in [1.165, 1.54) is 18.9 Å². The van der Waals surface area contributed by atoms with E-state index in [-0.39, 0.29) is 18.0 Å². The monoisotopic (exact) mass is 433 g/mol. The van der Waals surface area contributed by atoms with Gasteiger partial charge in [0.25, 0.3) is 0 Å². The highest BCUT2D eigenvalue weighted by Gasteiger charge is 2.24. The van der Waals surface area contributed by atoms with Gasteiger partial charge in [-0.1, -0.05) is 31.0 Å². The first-order valence-electron chi connectivity index (χ1n) is 11.5. The number of nitrogens with one attached hydrogen (secondary N) is 1. The predicted molar refractivity (Wildman–Crippen MR) is 120 cm³/mol. The minimum absolute atomic E-state index is 0.0942. The number of aliphatic hydroxyl groups is 1. The first-order valence-corrected chi connectivity index (χ1v) is 11.5. The van der Waals surface area contributed by atoms with Crippen LogP contribution in [0.15, 0.2) is 29.3 Å². The molecule has 2 fully saturated rings. The van der Waals surface area contributed by atoms with E-state index in [9.17, 15) is 14.3 Å². The molecule has 1 aromatic carbocycles. The van der Waals surface area contributed by atoms with Crippen LogP contribution in [0.3, 0.4) is 0 Å². The molecular formula is C23H36FN5O2. The van der Waals surface area contributed by atoms with Gasteiger partial charge in [-0.05, 0) is 25.8 Å². The highest BCUT2D eigenvalue weighted by molar-refractivity contribution is 5.80. The number of hydrogen-bond acceptors (Lipinski definition) is 4. The molecule has 2 heterocycles. The molecular weight excluding hydrogens is 397 g/mol. The molecule has 0 bridgehead atoms. The van der Waals surface area contributed by atoms with E-state index in [0.717, 1.165) is 58.1 Å². The maximum absolute atomic E-state index is 13.9. The molecule has 2 N–H and O–H groups in total. The first kappa shape index (κ1) is 23.5. The Morgan fingerprint density at radius 2 is 1.74 bits per heavy atom. The summed E-state index contributed by atoms with van der Waals surface area (Å²) in [4.78, 5) is 23.6. The number of nitrogens with zero attached hydrogens (tertiary/aromatic N) is 4. The molecule has 2 aliphatic rings. The average Bonchev–Trinajstić information content (AvgIpc) is 3.07. The molecule has 3 rings (SSSR count). The minimum atomic E-state index is -0.984. The zero-order valence-electron chi connectivity index (χ0n) is 18.6. The van der Waals surface area contributed by atoms with E-state index in [1.807, 2.05) is 11.8 Å². The summed E-state index contributed by atoms with van der Waals surface area (Å²) in [6, 6.07) is 6.25. The van der Waals surface area contributed by atoms with Crippen LogP contribution in [0.1, 0.15) is 44.3 Å². The molecule has 1 amide bonds. The Kier molecular flexibility index (Phi) is 9.09. The number of halogens is 1. The lowest BCUT2D eigenvalue weighted by molar-refractivity contribution is -0.132. The molecule has 0 radical (unpaired) electrons. The number of hydrogen-bond donors (Lipinski definition) is 2. The van der Waals surface area contributed by atoms with Crippen LogP contribution in [0, 0.1) is 5.82 Å². The zero-order valence-corrected chi connectivity index (χ0v) is 18.6. The SMILES string of the molecule is CCNC(=NCC(O)c1ccccc1F)N1CCN(CC(=O)N2CCCCCC2)CC1. The molecule has 7 nitrogen and oxygen atoms in total. The van der Waals surface area contributed by atoms with Gasteiger partial charge in [0.15, 0.2) is 5.96 Å². The molecule has 1 aromatic rings. The molecule has 1 unspecified atom stereocenters. The third-order valence-electron chi connectivity index (χ3n) is 6.00. The van der Waals surface area contributed by atoms with Gasteiger partial charge in [-0.2, -0.15) is 0 Å². The maximum Gasteiger partial charge on any atom is 0.236 e. The second-order valence-electron chi connectivity index (χ2n) is 8.29. The summed E-state index contributed by atoms with van der Waals surface area (Å²) in [5.41, 5.74) is 0.263. The minimum Gasteiger partial charge on any atom is -0.386 e. The number of likely N-dealkylation sites (tertiary alicyclic amines) is 1. The van der Waals surface area contributed by atoms with Crippen LogP contribution in [0.25, 0.3) is 0 Å². The zero-order chi connectivity index (χ0) is 22.1. The van der Waals surface area contributed by atoms with Crippen LogP contribution < -0.4 is 5.32 Å². The summed E-state index contributed by atoms with van der Waals surface area (Å²) in [6.07, 6.45) is 3.69. The van der Waals surface area contributed by atoms with E-state index in [1.54, 1.807) is 18.2 Å². The number of carbonyl (C=O) groups excluding carboxylic acids is 1. The molecule has 172 valence electrons. The Balaban J connectivity index is 1.51. The summed E-state index contributed by atoms with van der Waals surface area (Å²) >= 11 is 0. The van der Waals surface area contributed by atoms with Crippen LogP contribution in [0.4, 0.5) is 4.39 Å². The number of carbonyl (C=O) groups is 1. The van der Waals surface area contributed by atoms with Crippen molar-refractivity contribution >= 4 is 11.9 Å². The lowest BCUT2D eigenvalue weighted by Crippen LogP contribution is -2.54. The van der Waals surface area contributed by atoms with Crippen molar-refractivity contribution in [1.29, 1.82) is 0 Å². The lowest BCUT2D eigenvalue weighted by atomic mass is 10.1. The third kappa shape index (κ3) is 6.90. The van der Waals surface area contributed by atoms with Gasteiger partial charge in [0.1, 0.15) is 11.9 Å². The summed E-state index contributed by atoms with van der Waals surface area (Å²) in [5.74, 6) is 0.540. The first-order chi connectivity index (χ1) is 15.1. The van der Waals surface area contributed by atoms with Crippen LogP contribution in [-0.2, 0) is 4.79 Å². The van der Waals surface area contributed by atoms with Gasteiger partial charge in [0, 0.05) is 51.4 Å². The van der Waals surface area contributed by atoms with Crippen molar-refractivity contribution in [1.82, 2.24) is 20.0 Å². The van der Waals surface area contributed by atoms with Gasteiger partial charge in [-0.3, -0.25) is 14.7 Å². The van der Waals surface area contributed by atoms with E-state index in [4.69, 9.17) is 0 Å². The maximum atomic E-state index is 13.9. The quantitative estimate of drug-likeness (QED) is 0.529. The molecule has 2 saturated heterocycles. The summed E-state index contributed by atoms with van der Waals surface area (Å²) in [7, 11) is 0. The van der Waals surface area contributed by atoms with Crippen molar-refractivity contribution in [3.63, 3.8) is 0 Å². The van der Waals surface area contributed by atoms with Crippen LogP contribution in [0.2, 0.25) is 0 Å². The normalized spacial score (nSPS) is 19.8. The Labute approximate surface area is 184 Å². The van der Waals surface area contributed by atoms with Crippen molar-refractivity contribution in [2.75, 3.05) is 58.9 Å². The molecule has 1 atom stereocenters. The topological polar surface area (TPSA) is 71.4 Å². The van der Waals surface area contributed by atoms with Crippen molar-refractivity contribution in [3.05, 3.63) is 35.6 Å². The van der Waals surface area contributed by atoms with Crippen molar-refractivity contribution in [3.8, 4) is 0 Å². The van der Waals surface area contributed by atoms with Crippen LogP contribution >= 0.6 is 0 Å². The van der Waals surface area contributed by atoms with Gasteiger partial charge < -0.3 is 20.2 Å². The fraction of sp³-hybridized carbons (Fsp3) is 0.652. The van der Waals surface area contributed by atoms with Gasteiger partial charge in [0.2, 0.25) is 5.91 Å². The van der Waals surface area contributed by atoms with E-state index in [2.05, 4.69) is 20.1 Å². The predicted octanol–water partition coefficient (Wildman–Crippen LogP) is 1.84. The average molecular weight is 434 g/mol. The number of rotatable bonds is 6. The highest BCUT2D eigenvalue weighted by atomic mass is 19.1. The number of guanidine groups is 1. The Hall–Kier alpha value is -2.19.